The molecule has 0 unspecified atom stereocenters. The van der Waals surface area contributed by atoms with Gasteiger partial charge in [-0.1, -0.05) is 31.2 Å². The number of aryl methyl sites for hydroxylation is 2. The van der Waals surface area contributed by atoms with Crippen molar-refractivity contribution in [2.45, 2.75) is 33.1 Å². The monoisotopic (exact) mass is 286 g/mol. The van der Waals surface area contributed by atoms with Gasteiger partial charge in [0.05, 0.1) is 0 Å². The van der Waals surface area contributed by atoms with Crippen molar-refractivity contribution in [2.24, 2.45) is 5.41 Å². The highest BCUT2D eigenvalue weighted by Gasteiger charge is 2.56. The Morgan fingerprint density at radius 1 is 1.33 bits per heavy atom. The summed E-state index contributed by atoms with van der Waals surface area (Å²) in [6.07, 6.45) is 3.67. The SMILES string of the molecule is C=CCNC(=O)C1(C(=O)Nc2c(C)cccc2CC)CC1. The lowest BCUT2D eigenvalue weighted by molar-refractivity contribution is -0.134. The molecule has 0 saturated heterocycles. The molecule has 2 amide bonds. The molecule has 1 fully saturated rings. The van der Waals surface area contributed by atoms with Crippen LogP contribution < -0.4 is 10.6 Å². The Labute approximate surface area is 125 Å². The third-order valence-corrected chi connectivity index (χ3v) is 4.00. The molecule has 0 heterocycles. The number of anilines is 1. The summed E-state index contributed by atoms with van der Waals surface area (Å²) < 4.78 is 0. The van der Waals surface area contributed by atoms with Crippen LogP contribution in [0.2, 0.25) is 0 Å². The van der Waals surface area contributed by atoms with Gasteiger partial charge >= 0.3 is 0 Å². The van der Waals surface area contributed by atoms with Crippen LogP contribution in [-0.2, 0) is 16.0 Å². The van der Waals surface area contributed by atoms with Crippen LogP contribution >= 0.6 is 0 Å². The summed E-state index contributed by atoms with van der Waals surface area (Å²) in [6, 6.07) is 5.94. The average molecular weight is 286 g/mol. The maximum atomic E-state index is 12.5. The Morgan fingerprint density at radius 2 is 2.05 bits per heavy atom. The summed E-state index contributed by atoms with van der Waals surface area (Å²) in [6.45, 7) is 7.97. The molecule has 1 aliphatic rings. The van der Waals surface area contributed by atoms with Crippen molar-refractivity contribution >= 4 is 17.5 Å². The number of hydrogen-bond donors (Lipinski definition) is 2. The van der Waals surface area contributed by atoms with Crippen LogP contribution in [0.25, 0.3) is 0 Å². The molecule has 0 spiro atoms. The minimum Gasteiger partial charge on any atom is -0.352 e. The minimum absolute atomic E-state index is 0.201. The number of amides is 2. The predicted molar refractivity (Wildman–Crippen MR) is 84.1 cm³/mol. The molecule has 4 nitrogen and oxygen atoms in total. The largest absolute Gasteiger partial charge is 0.352 e. The molecule has 1 aromatic rings. The normalized spacial score (nSPS) is 15.1. The summed E-state index contributed by atoms with van der Waals surface area (Å²) in [5, 5.41) is 5.69. The second-order valence-corrected chi connectivity index (χ2v) is 5.50. The van der Waals surface area contributed by atoms with Crippen molar-refractivity contribution < 1.29 is 9.59 Å². The van der Waals surface area contributed by atoms with Crippen molar-refractivity contribution in [3.8, 4) is 0 Å². The molecule has 2 rings (SSSR count). The Balaban J connectivity index is 2.15. The maximum absolute atomic E-state index is 12.5. The van der Waals surface area contributed by atoms with Crippen molar-refractivity contribution in [3.05, 3.63) is 42.0 Å². The smallest absolute Gasteiger partial charge is 0.240 e. The molecule has 112 valence electrons. The Bertz CT molecular complexity index is 574. The first-order chi connectivity index (χ1) is 10.0. The fourth-order valence-corrected chi connectivity index (χ4v) is 2.45. The predicted octanol–water partition coefficient (Wildman–Crippen LogP) is 2.58. The van der Waals surface area contributed by atoms with Crippen molar-refractivity contribution in [1.29, 1.82) is 0 Å². The van der Waals surface area contributed by atoms with E-state index in [0.29, 0.717) is 19.4 Å². The fraction of sp³-hybridized carbons (Fsp3) is 0.412. The van der Waals surface area contributed by atoms with Crippen LogP contribution in [0.15, 0.2) is 30.9 Å². The topological polar surface area (TPSA) is 58.2 Å². The number of carbonyl (C=O) groups excluding carboxylic acids is 2. The van der Waals surface area contributed by atoms with E-state index in [4.69, 9.17) is 0 Å². The standard InChI is InChI=1S/C17H22N2O2/c1-4-11-18-15(20)17(9-10-17)16(21)19-14-12(3)7-6-8-13(14)5-2/h4,6-8H,1,5,9-11H2,2-3H3,(H,18,20)(H,19,21). The molecule has 21 heavy (non-hydrogen) atoms. The molecular weight excluding hydrogens is 264 g/mol. The number of hydrogen-bond acceptors (Lipinski definition) is 2. The third-order valence-electron chi connectivity index (χ3n) is 4.00. The number of rotatable bonds is 6. The number of benzene rings is 1. The molecule has 0 aliphatic heterocycles. The van der Waals surface area contributed by atoms with Gasteiger partial charge in [0.1, 0.15) is 5.41 Å². The van der Waals surface area contributed by atoms with Crippen LogP contribution in [0.1, 0.15) is 30.9 Å². The van der Waals surface area contributed by atoms with Gasteiger partial charge in [-0.3, -0.25) is 9.59 Å². The van der Waals surface area contributed by atoms with Crippen molar-refractivity contribution in [2.75, 3.05) is 11.9 Å². The fourth-order valence-electron chi connectivity index (χ4n) is 2.45. The third kappa shape index (κ3) is 2.99. The summed E-state index contributed by atoms with van der Waals surface area (Å²) in [7, 11) is 0. The van der Waals surface area contributed by atoms with Gasteiger partial charge in [-0.05, 0) is 37.3 Å². The van der Waals surface area contributed by atoms with Gasteiger partial charge in [0.2, 0.25) is 11.8 Å². The Hall–Kier alpha value is -2.10. The van der Waals surface area contributed by atoms with E-state index in [-0.39, 0.29) is 11.8 Å². The lowest BCUT2D eigenvalue weighted by atomic mass is 10.0. The summed E-state index contributed by atoms with van der Waals surface area (Å²) >= 11 is 0. The molecule has 0 radical (unpaired) electrons. The molecule has 0 atom stereocenters. The summed E-state index contributed by atoms with van der Waals surface area (Å²) in [5.74, 6) is -0.403. The zero-order valence-electron chi connectivity index (χ0n) is 12.7. The lowest BCUT2D eigenvalue weighted by Crippen LogP contribution is -2.40. The van der Waals surface area contributed by atoms with Gasteiger partial charge in [0.25, 0.3) is 0 Å². The first kappa shape index (κ1) is 15.3. The quantitative estimate of drug-likeness (QED) is 0.624. The number of carbonyl (C=O) groups is 2. The van der Waals surface area contributed by atoms with E-state index in [9.17, 15) is 9.59 Å². The van der Waals surface area contributed by atoms with Crippen molar-refractivity contribution in [1.82, 2.24) is 5.32 Å². The van der Waals surface area contributed by atoms with E-state index < -0.39 is 5.41 Å². The number of nitrogens with one attached hydrogen (secondary N) is 2. The molecule has 2 N–H and O–H groups in total. The van der Waals surface area contributed by atoms with Gasteiger partial charge in [-0.15, -0.1) is 6.58 Å². The van der Waals surface area contributed by atoms with Gasteiger partial charge in [-0.25, -0.2) is 0 Å². The lowest BCUT2D eigenvalue weighted by Gasteiger charge is -2.18. The highest BCUT2D eigenvalue weighted by molar-refractivity contribution is 6.13. The van der Waals surface area contributed by atoms with Gasteiger partial charge < -0.3 is 10.6 Å². The number of para-hydroxylation sites is 1. The van der Waals surface area contributed by atoms with E-state index in [1.54, 1.807) is 6.08 Å². The zero-order chi connectivity index (χ0) is 15.5. The second-order valence-electron chi connectivity index (χ2n) is 5.50. The van der Waals surface area contributed by atoms with Crippen LogP contribution in [0.3, 0.4) is 0 Å². The summed E-state index contributed by atoms with van der Waals surface area (Å²) in [4.78, 5) is 24.7. The van der Waals surface area contributed by atoms with Gasteiger partial charge in [0, 0.05) is 12.2 Å². The average Bonchev–Trinajstić information content (AvgIpc) is 3.28. The molecule has 4 heteroatoms. The molecule has 0 bridgehead atoms. The van der Waals surface area contributed by atoms with Crippen LogP contribution in [0.5, 0.6) is 0 Å². The zero-order valence-corrected chi connectivity index (χ0v) is 12.7. The van der Waals surface area contributed by atoms with Crippen LogP contribution in [0.4, 0.5) is 5.69 Å². The minimum atomic E-state index is -0.893. The second kappa shape index (κ2) is 6.12. The van der Waals surface area contributed by atoms with E-state index >= 15 is 0 Å². The molecule has 1 saturated carbocycles. The van der Waals surface area contributed by atoms with Crippen molar-refractivity contribution in [3.63, 3.8) is 0 Å². The van der Waals surface area contributed by atoms with E-state index in [2.05, 4.69) is 17.2 Å². The van der Waals surface area contributed by atoms with Crippen LogP contribution in [0, 0.1) is 12.3 Å². The molecule has 0 aromatic heterocycles. The van der Waals surface area contributed by atoms with E-state index in [0.717, 1.165) is 23.2 Å². The first-order valence-corrected chi connectivity index (χ1v) is 7.34. The van der Waals surface area contributed by atoms with Gasteiger partial charge in [0.15, 0.2) is 0 Å². The highest BCUT2D eigenvalue weighted by atomic mass is 16.2. The summed E-state index contributed by atoms with van der Waals surface area (Å²) in [5.41, 5.74) is 2.06. The molecule has 1 aromatic carbocycles. The van der Waals surface area contributed by atoms with E-state index in [1.807, 2.05) is 32.0 Å². The maximum Gasteiger partial charge on any atom is 0.240 e. The molecule has 1 aliphatic carbocycles. The van der Waals surface area contributed by atoms with E-state index in [1.165, 1.54) is 0 Å². The Kier molecular flexibility index (Phi) is 4.46. The first-order valence-electron chi connectivity index (χ1n) is 7.34. The molecular formula is C17H22N2O2. The highest BCUT2D eigenvalue weighted by Crippen LogP contribution is 2.47. The Morgan fingerprint density at radius 3 is 2.62 bits per heavy atom. The van der Waals surface area contributed by atoms with Crippen LogP contribution in [-0.4, -0.2) is 18.4 Å². The van der Waals surface area contributed by atoms with Gasteiger partial charge in [-0.2, -0.15) is 0 Å².